The van der Waals surface area contributed by atoms with E-state index in [0.717, 1.165) is 37.0 Å². The minimum atomic E-state index is -0.525. The van der Waals surface area contributed by atoms with Crippen molar-refractivity contribution < 1.29 is 14.6 Å². The zero-order valence-corrected chi connectivity index (χ0v) is 17.2. The molecule has 0 saturated heterocycles. The van der Waals surface area contributed by atoms with Gasteiger partial charge in [-0.3, -0.25) is 0 Å². The third-order valence-corrected chi connectivity index (χ3v) is 4.08. The maximum absolute atomic E-state index is 11.0. The average Bonchev–Trinajstić information content (AvgIpc) is 2.68. The first-order chi connectivity index (χ1) is 13.6. The molecule has 0 heterocycles. The molecule has 1 unspecified atom stereocenters. The molecule has 0 saturated carbocycles. The van der Waals surface area contributed by atoms with Gasteiger partial charge in [0.2, 0.25) is 0 Å². The Bertz CT molecular complexity index is 651. The van der Waals surface area contributed by atoms with E-state index in [1.54, 1.807) is 13.0 Å². The molecule has 0 aliphatic rings. The van der Waals surface area contributed by atoms with E-state index in [1.165, 1.54) is 0 Å². The summed E-state index contributed by atoms with van der Waals surface area (Å²) < 4.78 is 5.66. The number of benzene rings is 1. The highest BCUT2D eigenvalue weighted by atomic mass is 16.5. The number of Topliss-reactive ketones (excluding diaryl/α,β-unsaturated/α-hetero) is 1. The van der Waals surface area contributed by atoms with E-state index in [1.807, 2.05) is 48.6 Å². The van der Waals surface area contributed by atoms with Gasteiger partial charge in [-0.25, -0.2) is 0 Å². The van der Waals surface area contributed by atoms with Gasteiger partial charge < -0.3 is 14.6 Å². The molecule has 1 aromatic carbocycles. The van der Waals surface area contributed by atoms with Crippen molar-refractivity contribution >= 4 is 5.78 Å². The van der Waals surface area contributed by atoms with Crippen LogP contribution in [0.3, 0.4) is 0 Å². The van der Waals surface area contributed by atoms with Crippen LogP contribution in [-0.2, 0) is 11.2 Å². The van der Waals surface area contributed by atoms with Crippen LogP contribution in [0.1, 0.15) is 51.5 Å². The second kappa shape index (κ2) is 15.6. The number of rotatable bonds is 14. The summed E-state index contributed by atoms with van der Waals surface area (Å²) in [5, 5.41) is 9.96. The smallest absolute Gasteiger partial charge is 0.130 e. The van der Waals surface area contributed by atoms with E-state index in [9.17, 15) is 9.90 Å². The monoisotopic (exact) mass is 382 g/mol. The molecular formula is C25H34O3. The zero-order valence-electron chi connectivity index (χ0n) is 17.2. The molecule has 1 N–H and O–H groups in total. The number of carbonyl (C=O) groups excluding carboxylic acids is 1. The van der Waals surface area contributed by atoms with Gasteiger partial charge in [0.15, 0.2) is 0 Å². The lowest BCUT2D eigenvalue weighted by Gasteiger charge is -2.09. The summed E-state index contributed by atoms with van der Waals surface area (Å²) in [5.74, 6) is 0.981. The Morgan fingerprint density at radius 2 is 1.75 bits per heavy atom. The van der Waals surface area contributed by atoms with E-state index in [0.29, 0.717) is 19.4 Å². The minimum absolute atomic E-state index is 0.202. The lowest BCUT2D eigenvalue weighted by atomic mass is 10.1. The topological polar surface area (TPSA) is 46.5 Å². The molecule has 0 bridgehead atoms. The molecule has 28 heavy (non-hydrogen) atoms. The van der Waals surface area contributed by atoms with E-state index in [-0.39, 0.29) is 5.78 Å². The highest BCUT2D eigenvalue weighted by Gasteiger charge is 2.01. The van der Waals surface area contributed by atoms with Gasteiger partial charge in [-0.05, 0) is 50.3 Å². The maximum atomic E-state index is 11.0. The molecule has 1 atom stereocenters. The SMILES string of the molecule is CC/C=C\CC/C=C/C=C\C=C\C(O)CCOc1ccc(CCC(C)=O)cc1. The van der Waals surface area contributed by atoms with Gasteiger partial charge in [-0.1, -0.05) is 67.7 Å². The number of hydrogen-bond donors (Lipinski definition) is 1. The first kappa shape index (κ1) is 23.6. The second-order valence-corrected chi connectivity index (χ2v) is 6.71. The fraction of sp³-hybridized carbons (Fsp3) is 0.400. The number of carbonyl (C=O) groups is 1. The molecule has 0 aliphatic carbocycles. The number of allylic oxidation sites excluding steroid dienone is 7. The number of aliphatic hydroxyl groups excluding tert-OH is 1. The third-order valence-electron chi connectivity index (χ3n) is 4.08. The fourth-order valence-electron chi connectivity index (χ4n) is 2.44. The van der Waals surface area contributed by atoms with E-state index in [2.05, 4.69) is 25.2 Å². The quantitative estimate of drug-likeness (QED) is 0.253. The van der Waals surface area contributed by atoms with Crippen LogP contribution in [0.5, 0.6) is 5.75 Å². The first-order valence-electron chi connectivity index (χ1n) is 10.2. The molecule has 152 valence electrons. The number of aliphatic hydroxyl groups is 1. The summed E-state index contributed by atoms with van der Waals surface area (Å²) in [5.41, 5.74) is 1.13. The Morgan fingerprint density at radius 3 is 2.46 bits per heavy atom. The van der Waals surface area contributed by atoms with E-state index >= 15 is 0 Å². The van der Waals surface area contributed by atoms with Crippen LogP contribution < -0.4 is 4.74 Å². The molecule has 0 aliphatic heterocycles. The first-order valence-corrected chi connectivity index (χ1v) is 10.2. The van der Waals surface area contributed by atoms with Crippen molar-refractivity contribution in [1.29, 1.82) is 0 Å². The summed E-state index contributed by atoms with van der Waals surface area (Å²) in [6, 6.07) is 7.77. The third kappa shape index (κ3) is 12.9. The molecular weight excluding hydrogens is 348 g/mol. The minimum Gasteiger partial charge on any atom is -0.493 e. The van der Waals surface area contributed by atoms with E-state index in [4.69, 9.17) is 4.74 Å². The zero-order chi connectivity index (χ0) is 20.5. The number of ether oxygens (including phenoxy) is 1. The summed E-state index contributed by atoms with van der Waals surface area (Å²) in [7, 11) is 0. The Labute approximate surface area is 170 Å². The van der Waals surface area contributed by atoms with Crippen LogP contribution in [0.4, 0.5) is 0 Å². The predicted octanol–water partition coefficient (Wildman–Crippen LogP) is 5.75. The van der Waals surface area contributed by atoms with Crippen molar-refractivity contribution in [3.63, 3.8) is 0 Å². The van der Waals surface area contributed by atoms with Gasteiger partial charge in [0.1, 0.15) is 11.5 Å². The Kier molecular flexibility index (Phi) is 13.2. The molecule has 0 fully saturated rings. The number of aryl methyl sites for hydroxylation is 1. The van der Waals surface area contributed by atoms with Crippen LogP contribution in [0, 0.1) is 0 Å². The van der Waals surface area contributed by atoms with Crippen molar-refractivity contribution in [3.05, 3.63) is 78.4 Å². The highest BCUT2D eigenvalue weighted by molar-refractivity contribution is 5.75. The molecule has 3 heteroatoms. The number of hydrogen-bond acceptors (Lipinski definition) is 3. The van der Waals surface area contributed by atoms with Crippen molar-refractivity contribution in [2.75, 3.05) is 6.61 Å². The van der Waals surface area contributed by atoms with Crippen LogP contribution in [-0.4, -0.2) is 23.6 Å². The second-order valence-electron chi connectivity index (χ2n) is 6.71. The summed E-state index contributed by atoms with van der Waals surface area (Å²) >= 11 is 0. The lowest BCUT2D eigenvalue weighted by Crippen LogP contribution is -2.09. The van der Waals surface area contributed by atoms with Gasteiger partial charge in [0.05, 0.1) is 12.7 Å². The van der Waals surface area contributed by atoms with Crippen LogP contribution in [0.15, 0.2) is 72.9 Å². The van der Waals surface area contributed by atoms with Gasteiger partial charge in [-0.15, -0.1) is 0 Å². The van der Waals surface area contributed by atoms with Gasteiger partial charge >= 0.3 is 0 Å². The van der Waals surface area contributed by atoms with Crippen molar-refractivity contribution in [3.8, 4) is 5.75 Å². The van der Waals surface area contributed by atoms with Crippen LogP contribution in [0.2, 0.25) is 0 Å². The fourth-order valence-corrected chi connectivity index (χ4v) is 2.44. The number of ketones is 1. The van der Waals surface area contributed by atoms with Gasteiger partial charge in [-0.2, -0.15) is 0 Å². The van der Waals surface area contributed by atoms with Crippen LogP contribution >= 0.6 is 0 Å². The average molecular weight is 383 g/mol. The normalized spacial score (nSPS) is 13.2. The lowest BCUT2D eigenvalue weighted by molar-refractivity contribution is -0.116. The highest BCUT2D eigenvalue weighted by Crippen LogP contribution is 2.14. The molecule has 1 rings (SSSR count). The molecule has 1 aromatic rings. The predicted molar refractivity (Wildman–Crippen MR) is 118 cm³/mol. The van der Waals surface area contributed by atoms with Crippen molar-refractivity contribution in [2.24, 2.45) is 0 Å². The Balaban J connectivity index is 2.18. The molecule has 3 nitrogen and oxygen atoms in total. The molecule has 0 radical (unpaired) electrons. The summed E-state index contributed by atoms with van der Waals surface area (Å²) in [6.07, 6.45) is 20.6. The standard InChI is InChI=1S/C25H34O3/c1-3-4-5-6-7-8-9-10-11-12-13-24(27)20-21-28-25-18-16-23(17-19-25)15-14-22(2)26/h4-5,8-13,16-19,24,27H,3,6-7,14-15,20-21H2,1-2H3/b5-4-,9-8+,11-10-,13-12+. The molecule has 0 spiro atoms. The van der Waals surface area contributed by atoms with Crippen molar-refractivity contribution in [1.82, 2.24) is 0 Å². The van der Waals surface area contributed by atoms with Crippen LogP contribution in [0.25, 0.3) is 0 Å². The Hall–Kier alpha value is -2.39. The summed E-state index contributed by atoms with van der Waals surface area (Å²) in [4.78, 5) is 11.0. The molecule has 0 aromatic heterocycles. The van der Waals surface area contributed by atoms with Gasteiger partial charge in [0.25, 0.3) is 0 Å². The van der Waals surface area contributed by atoms with Crippen molar-refractivity contribution in [2.45, 2.75) is 58.5 Å². The summed E-state index contributed by atoms with van der Waals surface area (Å²) in [6.45, 7) is 4.20. The van der Waals surface area contributed by atoms with E-state index < -0.39 is 6.10 Å². The number of unbranched alkanes of at least 4 members (excludes halogenated alkanes) is 1. The molecule has 0 amide bonds. The largest absolute Gasteiger partial charge is 0.493 e. The van der Waals surface area contributed by atoms with Gasteiger partial charge in [0, 0.05) is 12.8 Å². The Morgan fingerprint density at radius 1 is 1.04 bits per heavy atom. The maximum Gasteiger partial charge on any atom is 0.130 e.